The van der Waals surface area contributed by atoms with E-state index in [2.05, 4.69) is 10.6 Å². The number of carbonyl (C=O) groups is 2. The van der Waals surface area contributed by atoms with Crippen molar-refractivity contribution in [3.63, 3.8) is 0 Å². The molecule has 0 aromatic heterocycles. The fourth-order valence-electron chi connectivity index (χ4n) is 3.43. The molecule has 1 heterocycles. The van der Waals surface area contributed by atoms with Crippen molar-refractivity contribution in [2.45, 2.75) is 31.8 Å². The van der Waals surface area contributed by atoms with Gasteiger partial charge in [-0.15, -0.1) is 0 Å². The molecule has 0 saturated carbocycles. The Labute approximate surface area is 169 Å². The van der Waals surface area contributed by atoms with Crippen LogP contribution in [0, 0.1) is 11.6 Å². The summed E-state index contributed by atoms with van der Waals surface area (Å²) in [6, 6.07) is 11.4. The summed E-state index contributed by atoms with van der Waals surface area (Å²) in [4.78, 5) is 26.6. The van der Waals surface area contributed by atoms with Crippen LogP contribution in [0.3, 0.4) is 0 Å². The van der Waals surface area contributed by atoms with Crippen molar-refractivity contribution in [1.29, 1.82) is 0 Å². The van der Waals surface area contributed by atoms with Crippen LogP contribution < -0.4 is 10.6 Å². The number of nitrogens with zero attached hydrogens (tertiary/aromatic N) is 1. The van der Waals surface area contributed by atoms with E-state index < -0.39 is 0 Å². The maximum atomic E-state index is 13.0. The van der Waals surface area contributed by atoms with E-state index in [1.165, 1.54) is 36.4 Å². The summed E-state index contributed by atoms with van der Waals surface area (Å²) in [5, 5.41) is 5.90. The van der Waals surface area contributed by atoms with Crippen LogP contribution in [0.2, 0.25) is 0 Å². The number of hydrogen-bond donors (Lipinski definition) is 2. The summed E-state index contributed by atoms with van der Waals surface area (Å²) in [5.74, 6) is -0.978. The van der Waals surface area contributed by atoms with Crippen molar-refractivity contribution in [3.05, 3.63) is 71.3 Å². The molecule has 2 N–H and O–H groups in total. The summed E-state index contributed by atoms with van der Waals surface area (Å²) < 4.78 is 26.0. The van der Waals surface area contributed by atoms with E-state index in [-0.39, 0.29) is 42.1 Å². The summed E-state index contributed by atoms with van der Waals surface area (Å²) in [6.07, 6.45) is 1.49. The van der Waals surface area contributed by atoms with Crippen molar-refractivity contribution in [2.24, 2.45) is 0 Å². The van der Waals surface area contributed by atoms with Gasteiger partial charge >= 0.3 is 0 Å². The smallest absolute Gasteiger partial charge is 0.251 e. The van der Waals surface area contributed by atoms with Gasteiger partial charge in [0.25, 0.3) is 5.91 Å². The molecule has 5 nitrogen and oxygen atoms in total. The normalized spacial score (nSPS) is 16.2. The van der Waals surface area contributed by atoms with Gasteiger partial charge in [0, 0.05) is 24.7 Å². The Kier molecular flexibility index (Phi) is 6.93. The van der Waals surface area contributed by atoms with E-state index in [0.29, 0.717) is 18.7 Å². The molecule has 0 aliphatic carbocycles. The molecule has 154 valence electrons. The zero-order chi connectivity index (χ0) is 20.8. The molecule has 1 fully saturated rings. The Morgan fingerprint density at radius 3 is 2.14 bits per heavy atom. The van der Waals surface area contributed by atoms with Gasteiger partial charge in [0.1, 0.15) is 11.6 Å². The van der Waals surface area contributed by atoms with Crippen LogP contribution in [-0.2, 0) is 4.79 Å². The molecule has 0 spiro atoms. The van der Waals surface area contributed by atoms with Gasteiger partial charge in [-0.05, 0) is 61.7 Å². The standard InChI is InChI=1S/C22H25F2N3O2/c1-15(16-2-6-18(23)7-3-16)25-21(28)14-27-12-10-20(11-13-27)26-22(29)17-4-8-19(24)9-5-17/h2-9,15,20H,10-14H2,1H3,(H,25,28)(H,26,29)/t15-/m1/s1. The lowest BCUT2D eigenvalue weighted by molar-refractivity contribution is -0.123. The number of hydrogen-bond acceptors (Lipinski definition) is 3. The van der Waals surface area contributed by atoms with E-state index in [0.717, 1.165) is 18.4 Å². The molecule has 2 aromatic rings. The molecular formula is C22H25F2N3O2. The third kappa shape index (κ3) is 6.09. The van der Waals surface area contributed by atoms with Crippen LogP contribution in [0.5, 0.6) is 0 Å². The van der Waals surface area contributed by atoms with E-state index in [4.69, 9.17) is 0 Å². The largest absolute Gasteiger partial charge is 0.349 e. The van der Waals surface area contributed by atoms with Gasteiger partial charge in [-0.25, -0.2) is 8.78 Å². The second kappa shape index (κ2) is 9.60. The fraction of sp³-hybridized carbons (Fsp3) is 0.364. The molecule has 0 radical (unpaired) electrons. The van der Waals surface area contributed by atoms with E-state index in [1.807, 2.05) is 11.8 Å². The fourth-order valence-corrected chi connectivity index (χ4v) is 3.43. The zero-order valence-corrected chi connectivity index (χ0v) is 16.3. The third-order valence-electron chi connectivity index (χ3n) is 5.14. The third-order valence-corrected chi connectivity index (χ3v) is 5.14. The maximum Gasteiger partial charge on any atom is 0.251 e. The Morgan fingerprint density at radius 1 is 1.00 bits per heavy atom. The number of halogens is 2. The van der Waals surface area contributed by atoms with Gasteiger partial charge in [-0.2, -0.15) is 0 Å². The van der Waals surface area contributed by atoms with Crippen LogP contribution in [0.4, 0.5) is 8.78 Å². The first kappa shape index (κ1) is 20.9. The summed E-state index contributed by atoms with van der Waals surface area (Å²) in [5.41, 5.74) is 1.28. The molecule has 1 aliphatic heterocycles. The topological polar surface area (TPSA) is 61.4 Å². The predicted molar refractivity (Wildman–Crippen MR) is 106 cm³/mol. The number of rotatable bonds is 6. The van der Waals surface area contributed by atoms with Gasteiger partial charge in [0.2, 0.25) is 5.91 Å². The number of amides is 2. The number of carbonyl (C=O) groups excluding carboxylic acids is 2. The van der Waals surface area contributed by atoms with E-state index in [9.17, 15) is 18.4 Å². The first-order chi connectivity index (χ1) is 13.9. The van der Waals surface area contributed by atoms with Crippen LogP contribution in [0.15, 0.2) is 48.5 Å². The van der Waals surface area contributed by atoms with Crippen LogP contribution in [0.25, 0.3) is 0 Å². The Hall–Kier alpha value is -2.80. The molecule has 29 heavy (non-hydrogen) atoms. The molecule has 0 unspecified atom stereocenters. The van der Waals surface area contributed by atoms with Crippen molar-refractivity contribution in [1.82, 2.24) is 15.5 Å². The highest BCUT2D eigenvalue weighted by Crippen LogP contribution is 2.14. The second-order valence-corrected chi connectivity index (χ2v) is 7.37. The highest BCUT2D eigenvalue weighted by Gasteiger charge is 2.23. The quantitative estimate of drug-likeness (QED) is 0.782. The minimum absolute atomic E-state index is 0.0324. The lowest BCUT2D eigenvalue weighted by atomic mass is 10.0. The second-order valence-electron chi connectivity index (χ2n) is 7.37. The number of piperidine rings is 1. The molecule has 2 aromatic carbocycles. The molecule has 1 atom stereocenters. The van der Waals surface area contributed by atoms with Gasteiger partial charge in [0.15, 0.2) is 0 Å². The number of likely N-dealkylation sites (tertiary alicyclic amines) is 1. The van der Waals surface area contributed by atoms with Crippen LogP contribution in [-0.4, -0.2) is 42.4 Å². The average molecular weight is 401 g/mol. The Bertz CT molecular complexity index is 832. The number of benzene rings is 2. The molecule has 1 saturated heterocycles. The van der Waals surface area contributed by atoms with Crippen LogP contribution >= 0.6 is 0 Å². The van der Waals surface area contributed by atoms with Crippen LogP contribution in [0.1, 0.15) is 41.7 Å². The van der Waals surface area contributed by atoms with Gasteiger partial charge in [-0.3, -0.25) is 14.5 Å². The van der Waals surface area contributed by atoms with Crippen molar-refractivity contribution >= 4 is 11.8 Å². The summed E-state index contributed by atoms with van der Waals surface area (Å²) >= 11 is 0. The molecular weight excluding hydrogens is 376 g/mol. The summed E-state index contributed by atoms with van der Waals surface area (Å²) in [7, 11) is 0. The SMILES string of the molecule is C[C@@H](NC(=O)CN1CCC(NC(=O)c2ccc(F)cc2)CC1)c1ccc(F)cc1. The highest BCUT2D eigenvalue weighted by molar-refractivity contribution is 5.94. The Morgan fingerprint density at radius 2 is 1.55 bits per heavy atom. The molecule has 2 amide bonds. The van der Waals surface area contributed by atoms with E-state index in [1.54, 1.807) is 12.1 Å². The average Bonchev–Trinajstić information content (AvgIpc) is 2.70. The first-order valence-electron chi connectivity index (χ1n) is 9.74. The van der Waals surface area contributed by atoms with Crippen molar-refractivity contribution < 1.29 is 18.4 Å². The lowest BCUT2D eigenvalue weighted by Gasteiger charge is -2.32. The predicted octanol–water partition coefficient (Wildman–Crippen LogP) is 3.04. The zero-order valence-electron chi connectivity index (χ0n) is 16.3. The van der Waals surface area contributed by atoms with Crippen molar-refractivity contribution in [2.75, 3.05) is 19.6 Å². The summed E-state index contributed by atoms with van der Waals surface area (Å²) in [6.45, 7) is 3.55. The molecule has 3 rings (SSSR count). The highest BCUT2D eigenvalue weighted by atomic mass is 19.1. The Balaban J connectivity index is 1.41. The minimum Gasteiger partial charge on any atom is -0.349 e. The van der Waals surface area contributed by atoms with Gasteiger partial charge < -0.3 is 10.6 Å². The van der Waals surface area contributed by atoms with Crippen molar-refractivity contribution in [3.8, 4) is 0 Å². The maximum absolute atomic E-state index is 13.0. The molecule has 0 bridgehead atoms. The number of nitrogens with one attached hydrogen (secondary N) is 2. The van der Waals surface area contributed by atoms with E-state index >= 15 is 0 Å². The van der Waals surface area contributed by atoms with Gasteiger partial charge in [-0.1, -0.05) is 12.1 Å². The van der Waals surface area contributed by atoms with Gasteiger partial charge in [0.05, 0.1) is 12.6 Å². The first-order valence-corrected chi connectivity index (χ1v) is 9.74. The molecule has 7 heteroatoms. The molecule has 1 aliphatic rings. The lowest BCUT2D eigenvalue weighted by Crippen LogP contribution is -2.47. The minimum atomic E-state index is -0.373. The monoisotopic (exact) mass is 401 g/mol.